The van der Waals surface area contributed by atoms with Crippen LogP contribution in [-0.4, -0.2) is 22.1 Å². The molecule has 0 spiro atoms. The largest absolute Gasteiger partial charge is 0.313 e. The highest BCUT2D eigenvalue weighted by atomic mass is 32.2. The van der Waals surface area contributed by atoms with Crippen molar-refractivity contribution in [2.75, 3.05) is 12.3 Å². The molecule has 1 heterocycles. The molecule has 4 heteroatoms. The maximum atomic E-state index is 4.20. The molecule has 0 saturated heterocycles. The number of hydrogen-bond donors (Lipinski definition) is 1. The summed E-state index contributed by atoms with van der Waals surface area (Å²) in [5, 5.41) is 7.55. The van der Waals surface area contributed by atoms with Crippen molar-refractivity contribution in [3.05, 3.63) is 48.3 Å². The van der Waals surface area contributed by atoms with Crippen LogP contribution < -0.4 is 5.32 Å². The fourth-order valence-corrected chi connectivity index (χ4v) is 2.63. The molecule has 0 radical (unpaired) electrons. The van der Waals surface area contributed by atoms with Gasteiger partial charge >= 0.3 is 0 Å². The zero-order chi connectivity index (χ0) is 12.6. The van der Waals surface area contributed by atoms with Crippen LogP contribution in [0.5, 0.6) is 0 Å². The fraction of sp³-hybridized carbons (Fsp3) is 0.357. The number of rotatable bonds is 7. The summed E-state index contributed by atoms with van der Waals surface area (Å²) in [7, 11) is 0. The molecular formula is C14H19N3S. The van der Waals surface area contributed by atoms with E-state index in [9.17, 15) is 0 Å². The molecule has 3 nitrogen and oxygen atoms in total. The Labute approximate surface area is 113 Å². The third-order valence-electron chi connectivity index (χ3n) is 2.63. The molecule has 0 amide bonds. The van der Waals surface area contributed by atoms with Crippen LogP contribution in [0.25, 0.3) is 0 Å². The zero-order valence-electron chi connectivity index (χ0n) is 10.7. The molecule has 0 fully saturated rings. The molecule has 1 aromatic heterocycles. The van der Waals surface area contributed by atoms with Crippen molar-refractivity contribution in [3.63, 3.8) is 0 Å². The molecule has 1 aromatic carbocycles. The van der Waals surface area contributed by atoms with Crippen LogP contribution in [-0.2, 0) is 13.1 Å². The molecule has 0 aliphatic rings. The summed E-state index contributed by atoms with van der Waals surface area (Å²) < 4.78 is 1.97. The molecule has 0 aliphatic heterocycles. The van der Waals surface area contributed by atoms with Gasteiger partial charge in [0, 0.05) is 29.6 Å². The van der Waals surface area contributed by atoms with Crippen LogP contribution in [0.15, 0.2) is 47.6 Å². The SMILES string of the molecule is CCNCc1cccc(SCCn2cccn2)c1. The van der Waals surface area contributed by atoms with Crippen molar-refractivity contribution in [3.8, 4) is 0 Å². The summed E-state index contributed by atoms with van der Waals surface area (Å²) in [5.74, 6) is 1.05. The average molecular weight is 261 g/mol. The molecule has 96 valence electrons. The molecule has 0 unspecified atom stereocenters. The Morgan fingerprint density at radius 1 is 1.33 bits per heavy atom. The Bertz CT molecular complexity index is 454. The van der Waals surface area contributed by atoms with Gasteiger partial charge in [0.1, 0.15) is 0 Å². The minimum Gasteiger partial charge on any atom is -0.313 e. The number of aromatic nitrogens is 2. The van der Waals surface area contributed by atoms with Gasteiger partial charge in [-0.05, 0) is 30.3 Å². The van der Waals surface area contributed by atoms with Crippen LogP contribution in [0, 0.1) is 0 Å². The molecule has 18 heavy (non-hydrogen) atoms. The fourth-order valence-electron chi connectivity index (χ4n) is 1.70. The van der Waals surface area contributed by atoms with Crippen LogP contribution in [0.3, 0.4) is 0 Å². The molecule has 2 rings (SSSR count). The Morgan fingerprint density at radius 2 is 2.28 bits per heavy atom. The first kappa shape index (κ1) is 13.2. The molecule has 0 bridgehead atoms. The third kappa shape index (κ3) is 4.20. The molecule has 0 saturated carbocycles. The first-order chi connectivity index (χ1) is 8.88. The summed E-state index contributed by atoms with van der Waals surface area (Å²) in [6.07, 6.45) is 3.82. The summed E-state index contributed by atoms with van der Waals surface area (Å²) in [5.41, 5.74) is 1.35. The van der Waals surface area contributed by atoms with Crippen LogP contribution in [0.2, 0.25) is 0 Å². The Balaban J connectivity index is 1.81. The van der Waals surface area contributed by atoms with Gasteiger partial charge in [0.05, 0.1) is 6.54 Å². The van der Waals surface area contributed by atoms with E-state index >= 15 is 0 Å². The highest BCUT2D eigenvalue weighted by molar-refractivity contribution is 7.99. The highest BCUT2D eigenvalue weighted by Gasteiger charge is 1.97. The van der Waals surface area contributed by atoms with Crippen LogP contribution >= 0.6 is 11.8 Å². The predicted molar refractivity (Wildman–Crippen MR) is 76.8 cm³/mol. The van der Waals surface area contributed by atoms with Gasteiger partial charge in [-0.25, -0.2) is 0 Å². The van der Waals surface area contributed by atoms with E-state index in [1.54, 1.807) is 0 Å². The number of thioether (sulfide) groups is 1. The lowest BCUT2D eigenvalue weighted by molar-refractivity contribution is 0.666. The number of hydrogen-bond acceptors (Lipinski definition) is 3. The van der Waals surface area contributed by atoms with Gasteiger partial charge in [0.25, 0.3) is 0 Å². The lowest BCUT2D eigenvalue weighted by Gasteiger charge is -2.06. The Hall–Kier alpha value is -1.26. The van der Waals surface area contributed by atoms with Crippen molar-refractivity contribution in [2.45, 2.75) is 24.9 Å². The standard InChI is InChI=1S/C14H19N3S/c1-2-15-12-13-5-3-6-14(11-13)18-10-9-17-8-4-7-16-17/h3-8,11,15H,2,9-10,12H2,1H3. The summed E-state index contributed by atoms with van der Waals surface area (Å²) in [6.45, 7) is 5.04. The van der Waals surface area contributed by atoms with E-state index in [1.165, 1.54) is 10.5 Å². The van der Waals surface area contributed by atoms with E-state index < -0.39 is 0 Å². The van der Waals surface area contributed by atoms with Gasteiger partial charge in [-0.3, -0.25) is 4.68 Å². The number of aryl methyl sites for hydroxylation is 1. The van der Waals surface area contributed by atoms with Gasteiger partial charge in [-0.15, -0.1) is 11.8 Å². The topological polar surface area (TPSA) is 29.9 Å². The quantitative estimate of drug-likeness (QED) is 0.777. The van der Waals surface area contributed by atoms with Crippen molar-refractivity contribution >= 4 is 11.8 Å². The normalized spacial score (nSPS) is 10.7. The first-order valence-electron chi connectivity index (χ1n) is 6.28. The third-order valence-corrected chi connectivity index (χ3v) is 3.60. The van der Waals surface area contributed by atoms with Gasteiger partial charge in [-0.2, -0.15) is 5.10 Å². The van der Waals surface area contributed by atoms with Crippen molar-refractivity contribution in [1.82, 2.24) is 15.1 Å². The number of nitrogens with one attached hydrogen (secondary N) is 1. The minimum absolute atomic E-state index is 0.948. The number of benzene rings is 1. The van der Waals surface area contributed by atoms with Crippen LogP contribution in [0.4, 0.5) is 0 Å². The number of nitrogens with zero attached hydrogens (tertiary/aromatic N) is 2. The van der Waals surface area contributed by atoms with Gasteiger partial charge in [-0.1, -0.05) is 19.1 Å². The predicted octanol–water partition coefficient (Wildman–Crippen LogP) is 2.78. The maximum Gasteiger partial charge on any atom is 0.0503 e. The Kier molecular flexibility index (Phi) is 5.30. The summed E-state index contributed by atoms with van der Waals surface area (Å²) in [6, 6.07) is 10.7. The van der Waals surface area contributed by atoms with Gasteiger partial charge < -0.3 is 5.32 Å². The molecule has 2 aromatic rings. The molecule has 1 N–H and O–H groups in total. The van der Waals surface area contributed by atoms with Crippen molar-refractivity contribution in [2.24, 2.45) is 0 Å². The summed E-state index contributed by atoms with van der Waals surface area (Å²) in [4.78, 5) is 1.33. The minimum atomic E-state index is 0.948. The zero-order valence-corrected chi connectivity index (χ0v) is 11.5. The first-order valence-corrected chi connectivity index (χ1v) is 7.27. The smallest absolute Gasteiger partial charge is 0.0503 e. The second-order valence-corrected chi connectivity index (χ2v) is 5.21. The van der Waals surface area contributed by atoms with E-state index in [4.69, 9.17) is 0 Å². The van der Waals surface area contributed by atoms with Gasteiger partial charge in [0.15, 0.2) is 0 Å². The second kappa shape index (κ2) is 7.24. The molecular weight excluding hydrogens is 242 g/mol. The van der Waals surface area contributed by atoms with E-state index in [-0.39, 0.29) is 0 Å². The molecule has 0 aliphatic carbocycles. The average Bonchev–Trinajstić information content (AvgIpc) is 2.90. The van der Waals surface area contributed by atoms with E-state index in [0.717, 1.165) is 25.4 Å². The van der Waals surface area contributed by atoms with E-state index in [2.05, 4.69) is 41.6 Å². The molecule has 0 atom stereocenters. The van der Waals surface area contributed by atoms with Crippen molar-refractivity contribution < 1.29 is 0 Å². The van der Waals surface area contributed by atoms with Gasteiger partial charge in [0.2, 0.25) is 0 Å². The lowest BCUT2D eigenvalue weighted by Crippen LogP contribution is -2.11. The lowest BCUT2D eigenvalue weighted by atomic mass is 10.2. The maximum absolute atomic E-state index is 4.20. The summed E-state index contributed by atoms with van der Waals surface area (Å²) >= 11 is 1.88. The van der Waals surface area contributed by atoms with Crippen LogP contribution in [0.1, 0.15) is 12.5 Å². The van der Waals surface area contributed by atoms with E-state index in [0.29, 0.717) is 0 Å². The Morgan fingerprint density at radius 3 is 3.06 bits per heavy atom. The second-order valence-electron chi connectivity index (χ2n) is 4.05. The monoisotopic (exact) mass is 261 g/mol. The van der Waals surface area contributed by atoms with E-state index in [1.807, 2.05) is 34.9 Å². The highest BCUT2D eigenvalue weighted by Crippen LogP contribution is 2.19. The van der Waals surface area contributed by atoms with Crippen molar-refractivity contribution in [1.29, 1.82) is 0 Å².